The fraction of sp³-hybridized carbons (Fsp3) is 0.0909. The highest BCUT2D eigenvalue weighted by molar-refractivity contribution is 5.58. The van der Waals surface area contributed by atoms with Gasteiger partial charge in [-0.2, -0.15) is 0 Å². The molecule has 0 unspecified atom stereocenters. The molecule has 1 aromatic heterocycles. The van der Waals surface area contributed by atoms with Gasteiger partial charge in [0, 0.05) is 6.07 Å². The minimum absolute atomic E-state index is 0.0522. The molecule has 0 atom stereocenters. The smallest absolute Gasteiger partial charge is 0.169 e. The van der Waals surface area contributed by atoms with Gasteiger partial charge in [0.1, 0.15) is 17.3 Å². The highest BCUT2D eigenvalue weighted by Gasteiger charge is 2.15. The summed E-state index contributed by atoms with van der Waals surface area (Å²) in [6, 6.07) is 4.29. The van der Waals surface area contributed by atoms with Crippen LogP contribution in [0.25, 0.3) is 11.3 Å². The molecule has 0 aliphatic carbocycles. The van der Waals surface area contributed by atoms with Crippen LogP contribution >= 0.6 is 0 Å². The van der Waals surface area contributed by atoms with E-state index in [1.165, 1.54) is 12.1 Å². The van der Waals surface area contributed by atoms with Gasteiger partial charge in [0.2, 0.25) is 0 Å². The number of hydrogen-bond donors (Lipinski definition) is 1. The number of furan rings is 1. The number of nitrogens with two attached hydrogens (primary N) is 1. The second kappa shape index (κ2) is 4.02. The molecule has 1 aromatic carbocycles. The van der Waals surface area contributed by atoms with Crippen LogP contribution in [0.2, 0.25) is 0 Å². The van der Waals surface area contributed by atoms with E-state index in [0.29, 0.717) is 11.8 Å². The average molecular weight is 227 g/mol. The lowest BCUT2D eigenvalue weighted by atomic mass is 10.1. The van der Waals surface area contributed by atoms with Crippen LogP contribution in [0.4, 0.5) is 13.2 Å². The standard InChI is InChI=1S/C11H8F3NO/c12-6-3-8(11(14)9(13)4-6)10-2-1-7(5-15)16-10/h1-4H,5,15H2. The number of rotatable bonds is 2. The highest BCUT2D eigenvalue weighted by atomic mass is 19.2. The van der Waals surface area contributed by atoms with Crippen LogP contribution in [0.15, 0.2) is 28.7 Å². The van der Waals surface area contributed by atoms with E-state index in [9.17, 15) is 13.2 Å². The lowest BCUT2D eigenvalue weighted by Gasteiger charge is -2.01. The third-order valence-electron chi connectivity index (χ3n) is 2.12. The predicted molar refractivity (Wildman–Crippen MR) is 51.9 cm³/mol. The van der Waals surface area contributed by atoms with Gasteiger partial charge in [-0.1, -0.05) is 0 Å². The summed E-state index contributed by atoms with van der Waals surface area (Å²) in [4.78, 5) is 0. The first-order chi connectivity index (χ1) is 7.61. The molecular weight excluding hydrogens is 219 g/mol. The maximum absolute atomic E-state index is 13.3. The third-order valence-corrected chi connectivity index (χ3v) is 2.12. The predicted octanol–water partition coefficient (Wildman–Crippen LogP) is 2.82. The van der Waals surface area contributed by atoms with Gasteiger partial charge < -0.3 is 10.2 Å². The monoisotopic (exact) mass is 227 g/mol. The zero-order chi connectivity index (χ0) is 11.7. The summed E-state index contributed by atoms with van der Waals surface area (Å²) in [7, 11) is 0. The summed E-state index contributed by atoms with van der Waals surface area (Å²) in [6.07, 6.45) is 0. The van der Waals surface area contributed by atoms with Crippen molar-refractivity contribution in [2.75, 3.05) is 0 Å². The largest absolute Gasteiger partial charge is 0.460 e. The van der Waals surface area contributed by atoms with E-state index in [1.807, 2.05) is 0 Å². The summed E-state index contributed by atoms with van der Waals surface area (Å²) in [6.45, 7) is 0.138. The highest BCUT2D eigenvalue weighted by Crippen LogP contribution is 2.27. The number of benzene rings is 1. The fourth-order valence-electron chi connectivity index (χ4n) is 1.37. The molecule has 0 aliphatic rings. The molecule has 16 heavy (non-hydrogen) atoms. The lowest BCUT2D eigenvalue weighted by molar-refractivity contribution is 0.485. The van der Waals surface area contributed by atoms with Crippen molar-refractivity contribution in [1.82, 2.24) is 0 Å². The Morgan fingerprint density at radius 2 is 1.88 bits per heavy atom. The Hall–Kier alpha value is -1.75. The van der Waals surface area contributed by atoms with Crippen molar-refractivity contribution < 1.29 is 17.6 Å². The second-order valence-corrected chi connectivity index (χ2v) is 3.22. The van der Waals surface area contributed by atoms with Crippen LogP contribution in [0.3, 0.4) is 0 Å². The van der Waals surface area contributed by atoms with E-state index in [2.05, 4.69) is 0 Å². The van der Waals surface area contributed by atoms with Crippen LogP contribution in [-0.2, 0) is 6.54 Å². The van der Waals surface area contributed by atoms with Crippen molar-refractivity contribution in [3.8, 4) is 11.3 Å². The molecule has 1 heterocycles. The van der Waals surface area contributed by atoms with Crippen molar-refractivity contribution in [3.63, 3.8) is 0 Å². The molecule has 0 spiro atoms. The van der Waals surface area contributed by atoms with Crippen molar-refractivity contribution >= 4 is 0 Å². The molecule has 0 bridgehead atoms. The lowest BCUT2D eigenvalue weighted by Crippen LogP contribution is -1.93. The molecule has 0 radical (unpaired) electrons. The molecule has 2 N–H and O–H groups in total. The van der Waals surface area contributed by atoms with Gasteiger partial charge in [0.15, 0.2) is 11.6 Å². The quantitative estimate of drug-likeness (QED) is 0.801. The number of hydrogen-bond acceptors (Lipinski definition) is 2. The van der Waals surface area contributed by atoms with Gasteiger partial charge in [-0.15, -0.1) is 0 Å². The topological polar surface area (TPSA) is 39.2 Å². The van der Waals surface area contributed by atoms with Crippen LogP contribution in [-0.4, -0.2) is 0 Å². The maximum atomic E-state index is 13.3. The van der Waals surface area contributed by atoms with Crippen molar-refractivity contribution in [1.29, 1.82) is 0 Å². The van der Waals surface area contributed by atoms with Gasteiger partial charge >= 0.3 is 0 Å². The first-order valence-corrected chi connectivity index (χ1v) is 4.55. The minimum atomic E-state index is -1.25. The molecule has 5 heteroatoms. The zero-order valence-electron chi connectivity index (χ0n) is 8.14. The molecule has 0 aliphatic heterocycles. The van der Waals surface area contributed by atoms with Gasteiger partial charge in [-0.05, 0) is 18.2 Å². The summed E-state index contributed by atoms with van der Waals surface area (Å²) < 4.78 is 44.3. The Balaban J connectivity index is 2.54. The van der Waals surface area contributed by atoms with E-state index in [0.717, 1.165) is 6.07 Å². The van der Waals surface area contributed by atoms with Crippen LogP contribution in [0, 0.1) is 17.5 Å². The van der Waals surface area contributed by atoms with E-state index < -0.39 is 17.5 Å². The van der Waals surface area contributed by atoms with E-state index in [4.69, 9.17) is 10.2 Å². The van der Waals surface area contributed by atoms with E-state index in [-0.39, 0.29) is 17.9 Å². The van der Waals surface area contributed by atoms with Crippen molar-refractivity contribution in [3.05, 3.63) is 47.5 Å². The Bertz CT molecular complexity index is 522. The average Bonchev–Trinajstić information content (AvgIpc) is 2.71. The van der Waals surface area contributed by atoms with Crippen LogP contribution in [0.1, 0.15) is 5.76 Å². The molecule has 0 amide bonds. The molecule has 2 rings (SSSR count). The minimum Gasteiger partial charge on any atom is -0.460 e. The summed E-state index contributed by atoms with van der Waals surface area (Å²) >= 11 is 0. The fourth-order valence-corrected chi connectivity index (χ4v) is 1.37. The first-order valence-electron chi connectivity index (χ1n) is 4.55. The summed E-state index contributed by atoms with van der Waals surface area (Å²) in [5.41, 5.74) is 5.05. The van der Waals surface area contributed by atoms with Gasteiger partial charge in [-0.3, -0.25) is 0 Å². The summed E-state index contributed by atoms with van der Waals surface area (Å²) in [5.74, 6) is -2.78. The van der Waals surface area contributed by atoms with E-state index >= 15 is 0 Å². The molecule has 0 saturated carbocycles. The normalized spacial score (nSPS) is 10.8. The Morgan fingerprint density at radius 3 is 2.50 bits per heavy atom. The second-order valence-electron chi connectivity index (χ2n) is 3.22. The summed E-state index contributed by atoms with van der Waals surface area (Å²) in [5, 5.41) is 0. The van der Waals surface area contributed by atoms with Gasteiger partial charge in [-0.25, -0.2) is 13.2 Å². The molecule has 84 valence electrons. The maximum Gasteiger partial charge on any atom is 0.169 e. The molecule has 0 saturated heterocycles. The van der Waals surface area contributed by atoms with Gasteiger partial charge in [0.25, 0.3) is 0 Å². The molecule has 0 fully saturated rings. The van der Waals surface area contributed by atoms with E-state index in [1.54, 1.807) is 0 Å². The molecule has 2 nitrogen and oxygen atoms in total. The zero-order valence-corrected chi connectivity index (χ0v) is 8.14. The Labute approximate surface area is 89.5 Å². The van der Waals surface area contributed by atoms with Crippen molar-refractivity contribution in [2.45, 2.75) is 6.54 Å². The van der Waals surface area contributed by atoms with Crippen LogP contribution in [0.5, 0.6) is 0 Å². The van der Waals surface area contributed by atoms with Crippen molar-refractivity contribution in [2.24, 2.45) is 5.73 Å². The van der Waals surface area contributed by atoms with Gasteiger partial charge in [0.05, 0.1) is 12.1 Å². The third kappa shape index (κ3) is 1.81. The molecular formula is C11H8F3NO. The van der Waals surface area contributed by atoms with Crippen LogP contribution < -0.4 is 5.73 Å². The Kier molecular flexibility index (Phi) is 2.70. The Morgan fingerprint density at radius 1 is 1.12 bits per heavy atom. The number of halogens is 3. The molecule has 2 aromatic rings. The SMILES string of the molecule is NCc1ccc(-c2cc(F)cc(F)c2F)o1. The first kappa shape index (κ1) is 10.8.